The Morgan fingerprint density at radius 2 is 2.00 bits per heavy atom. The molecule has 4 heterocycles. The third-order valence-electron chi connectivity index (χ3n) is 5.56. The molecule has 1 N–H and O–H groups in total. The molecule has 0 radical (unpaired) electrons. The maximum atomic E-state index is 4.86. The summed E-state index contributed by atoms with van der Waals surface area (Å²) < 4.78 is 0. The number of aryl methyl sites for hydroxylation is 1. The van der Waals surface area contributed by atoms with Gasteiger partial charge in [0.2, 0.25) is 0 Å². The van der Waals surface area contributed by atoms with Crippen molar-refractivity contribution in [3.05, 3.63) is 84.1 Å². The van der Waals surface area contributed by atoms with Gasteiger partial charge in [-0.25, -0.2) is 9.97 Å². The van der Waals surface area contributed by atoms with Gasteiger partial charge in [-0.3, -0.25) is 14.9 Å². The zero-order chi connectivity index (χ0) is 20.3. The fourth-order valence-electron chi connectivity index (χ4n) is 4.15. The Balaban J connectivity index is 1.35. The van der Waals surface area contributed by atoms with E-state index in [9.17, 15) is 0 Å². The fraction of sp³-hybridized carbons (Fsp3) is 0.250. The van der Waals surface area contributed by atoms with Gasteiger partial charge in [0.25, 0.3) is 0 Å². The Hall–Kier alpha value is -3.38. The van der Waals surface area contributed by atoms with E-state index in [-0.39, 0.29) is 6.04 Å². The lowest BCUT2D eigenvalue weighted by atomic mass is 10.1. The van der Waals surface area contributed by atoms with Crippen LogP contribution >= 0.6 is 0 Å². The van der Waals surface area contributed by atoms with Gasteiger partial charge in [0.05, 0.1) is 29.6 Å². The molecule has 0 spiro atoms. The minimum atomic E-state index is 0.273. The van der Waals surface area contributed by atoms with Gasteiger partial charge in [0.15, 0.2) is 0 Å². The van der Waals surface area contributed by atoms with Crippen LogP contribution in [0.5, 0.6) is 0 Å². The molecule has 30 heavy (non-hydrogen) atoms. The molecule has 0 aliphatic carbocycles. The number of nitrogens with one attached hydrogen (secondary N) is 1. The number of likely N-dealkylation sites (tertiary alicyclic amines) is 1. The lowest BCUT2D eigenvalue weighted by Gasteiger charge is -2.24. The molecule has 6 heteroatoms. The van der Waals surface area contributed by atoms with Crippen molar-refractivity contribution in [3.63, 3.8) is 0 Å². The van der Waals surface area contributed by atoms with Crippen LogP contribution in [0.15, 0.2) is 67.1 Å². The normalized spacial score (nSPS) is 16.8. The molecule has 4 aromatic rings. The second kappa shape index (κ2) is 8.16. The van der Waals surface area contributed by atoms with Crippen LogP contribution in [0.1, 0.15) is 35.8 Å². The molecule has 6 nitrogen and oxygen atoms in total. The SMILES string of the molecule is Cc1cccc(Nc2cncc(C3CCCN3Cc3ccc4ncccc4c3)n2)n1. The number of hydrogen-bond donors (Lipinski definition) is 1. The first-order chi connectivity index (χ1) is 14.7. The molecule has 1 fully saturated rings. The number of pyridine rings is 2. The number of hydrogen-bond acceptors (Lipinski definition) is 6. The Bertz CT molecular complexity index is 1170. The van der Waals surface area contributed by atoms with Gasteiger partial charge in [-0.1, -0.05) is 18.2 Å². The lowest BCUT2D eigenvalue weighted by molar-refractivity contribution is 0.244. The van der Waals surface area contributed by atoms with Crippen molar-refractivity contribution in [2.75, 3.05) is 11.9 Å². The maximum absolute atomic E-state index is 4.86. The Morgan fingerprint density at radius 3 is 2.93 bits per heavy atom. The van der Waals surface area contributed by atoms with E-state index >= 15 is 0 Å². The van der Waals surface area contributed by atoms with Gasteiger partial charge in [-0.05, 0) is 62.2 Å². The predicted octanol–water partition coefficient (Wildman–Crippen LogP) is 4.81. The maximum Gasteiger partial charge on any atom is 0.150 e. The third kappa shape index (κ3) is 4.00. The number of benzene rings is 1. The number of rotatable bonds is 5. The third-order valence-corrected chi connectivity index (χ3v) is 5.56. The molecule has 0 bridgehead atoms. The van der Waals surface area contributed by atoms with E-state index in [1.807, 2.05) is 43.6 Å². The quantitative estimate of drug-likeness (QED) is 0.522. The van der Waals surface area contributed by atoms with Crippen LogP contribution in [0.25, 0.3) is 10.9 Å². The smallest absolute Gasteiger partial charge is 0.150 e. The van der Waals surface area contributed by atoms with E-state index < -0.39 is 0 Å². The summed E-state index contributed by atoms with van der Waals surface area (Å²) in [7, 11) is 0. The molecule has 3 aromatic heterocycles. The van der Waals surface area contributed by atoms with Crippen molar-refractivity contribution < 1.29 is 0 Å². The molecule has 1 aromatic carbocycles. The molecule has 1 unspecified atom stereocenters. The average Bonchev–Trinajstić information content (AvgIpc) is 3.22. The van der Waals surface area contributed by atoms with E-state index in [4.69, 9.17) is 4.98 Å². The zero-order valence-corrected chi connectivity index (χ0v) is 17.0. The summed E-state index contributed by atoms with van der Waals surface area (Å²) in [6, 6.07) is 16.8. The van der Waals surface area contributed by atoms with E-state index in [1.54, 1.807) is 6.20 Å². The Kier molecular flexibility index (Phi) is 5.07. The van der Waals surface area contributed by atoms with Gasteiger partial charge in [-0.2, -0.15) is 0 Å². The zero-order valence-electron chi connectivity index (χ0n) is 17.0. The summed E-state index contributed by atoms with van der Waals surface area (Å²) in [6.45, 7) is 3.94. The summed E-state index contributed by atoms with van der Waals surface area (Å²) in [5.74, 6) is 1.52. The second-order valence-corrected chi connectivity index (χ2v) is 7.78. The van der Waals surface area contributed by atoms with Crippen molar-refractivity contribution in [1.29, 1.82) is 0 Å². The summed E-state index contributed by atoms with van der Waals surface area (Å²) in [6.07, 6.45) is 7.74. The molecule has 0 amide bonds. The number of nitrogens with zero attached hydrogens (tertiary/aromatic N) is 5. The number of anilines is 2. The van der Waals surface area contributed by atoms with Crippen LogP contribution in [0.4, 0.5) is 11.6 Å². The molecular weight excluding hydrogens is 372 g/mol. The summed E-state index contributed by atoms with van der Waals surface area (Å²) >= 11 is 0. The van der Waals surface area contributed by atoms with Crippen LogP contribution in [-0.2, 0) is 6.54 Å². The summed E-state index contributed by atoms with van der Waals surface area (Å²) in [5.41, 5.74) is 4.31. The standard InChI is InChI=1S/C24H24N6/c1-17-5-2-8-23(27-17)29-24-15-25-14-21(28-24)22-7-4-12-30(22)16-18-9-10-20-19(13-18)6-3-11-26-20/h2-3,5-6,8-11,13-15,22H,4,7,12,16H2,1H3,(H,27,28,29). The van der Waals surface area contributed by atoms with Crippen molar-refractivity contribution in [1.82, 2.24) is 24.8 Å². The van der Waals surface area contributed by atoms with Gasteiger partial charge in [0.1, 0.15) is 11.6 Å². The molecule has 1 saturated heterocycles. The van der Waals surface area contributed by atoms with Gasteiger partial charge >= 0.3 is 0 Å². The second-order valence-electron chi connectivity index (χ2n) is 7.78. The molecule has 150 valence electrons. The van der Waals surface area contributed by atoms with Crippen molar-refractivity contribution in [2.24, 2.45) is 0 Å². The fourth-order valence-corrected chi connectivity index (χ4v) is 4.15. The van der Waals surface area contributed by atoms with Crippen LogP contribution in [-0.4, -0.2) is 31.4 Å². The molecular formula is C24H24N6. The van der Waals surface area contributed by atoms with E-state index in [0.29, 0.717) is 0 Å². The van der Waals surface area contributed by atoms with Gasteiger partial charge in [0, 0.05) is 23.8 Å². The molecule has 1 aliphatic rings. The molecule has 0 saturated carbocycles. The first-order valence-electron chi connectivity index (χ1n) is 10.3. The molecule has 1 aliphatic heterocycles. The predicted molar refractivity (Wildman–Crippen MR) is 118 cm³/mol. The van der Waals surface area contributed by atoms with Gasteiger partial charge < -0.3 is 5.32 Å². The minimum absolute atomic E-state index is 0.273. The number of aromatic nitrogens is 4. The number of fused-ring (bicyclic) bond motifs is 1. The van der Waals surface area contributed by atoms with Gasteiger partial charge in [-0.15, -0.1) is 0 Å². The van der Waals surface area contributed by atoms with E-state index in [2.05, 4.69) is 49.4 Å². The van der Waals surface area contributed by atoms with Crippen LogP contribution in [0, 0.1) is 6.92 Å². The first-order valence-corrected chi connectivity index (χ1v) is 10.3. The van der Waals surface area contributed by atoms with E-state index in [1.165, 1.54) is 17.4 Å². The molecule has 5 rings (SSSR count). The van der Waals surface area contributed by atoms with E-state index in [0.717, 1.165) is 48.1 Å². The van der Waals surface area contributed by atoms with Crippen LogP contribution in [0.2, 0.25) is 0 Å². The monoisotopic (exact) mass is 396 g/mol. The van der Waals surface area contributed by atoms with Crippen LogP contribution < -0.4 is 5.32 Å². The highest BCUT2D eigenvalue weighted by Crippen LogP contribution is 2.32. The average molecular weight is 396 g/mol. The summed E-state index contributed by atoms with van der Waals surface area (Å²) in [4.78, 5) is 20.7. The first kappa shape index (κ1) is 18.6. The lowest BCUT2D eigenvalue weighted by Crippen LogP contribution is -2.23. The highest BCUT2D eigenvalue weighted by molar-refractivity contribution is 5.78. The molecule has 1 atom stereocenters. The minimum Gasteiger partial charge on any atom is -0.324 e. The highest BCUT2D eigenvalue weighted by Gasteiger charge is 2.27. The van der Waals surface area contributed by atoms with Crippen molar-refractivity contribution >= 4 is 22.5 Å². The Morgan fingerprint density at radius 1 is 1.03 bits per heavy atom. The largest absolute Gasteiger partial charge is 0.324 e. The topological polar surface area (TPSA) is 66.8 Å². The van der Waals surface area contributed by atoms with Crippen molar-refractivity contribution in [3.8, 4) is 0 Å². The Labute approximate surface area is 176 Å². The van der Waals surface area contributed by atoms with Crippen molar-refractivity contribution in [2.45, 2.75) is 32.4 Å². The highest BCUT2D eigenvalue weighted by atomic mass is 15.2. The van der Waals surface area contributed by atoms with Crippen LogP contribution in [0.3, 0.4) is 0 Å². The summed E-state index contributed by atoms with van der Waals surface area (Å²) in [5, 5.41) is 4.47.